The highest BCUT2D eigenvalue weighted by molar-refractivity contribution is 7.89. The number of nitrogens with one attached hydrogen (secondary N) is 2. The molecule has 2 rings (SSSR count). The summed E-state index contributed by atoms with van der Waals surface area (Å²) in [4.78, 5) is 12.2. The predicted octanol–water partition coefficient (Wildman–Crippen LogP) is 2.46. The first-order chi connectivity index (χ1) is 12.3. The van der Waals surface area contributed by atoms with Crippen molar-refractivity contribution >= 4 is 21.7 Å². The lowest BCUT2D eigenvalue weighted by Gasteiger charge is -2.18. The average molecular weight is 380 g/mol. The number of esters is 1. The zero-order chi connectivity index (χ0) is 19.2. The maximum atomic E-state index is 13.0. The Morgan fingerprint density at radius 2 is 1.73 bits per heavy atom. The first-order valence-electron chi connectivity index (χ1n) is 8.07. The molecule has 2 aromatic rings. The van der Waals surface area contributed by atoms with E-state index in [0.717, 1.165) is 5.56 Å². The van der Waals surface area contributed by atoms with E-state index in [1.165, 1.54) is 36.4 Å². The molecule has 0 aliphatic heterocycles. The Hall–Kier alpha value is -2.45. The summed E-state index contributed by atoms with van der Waals surface area (Å²) in [7, 11) is -3.90. The van der Waals surface area contributed by atoms with Gasteiger partial charge in [-0.25, -0.2) is 12.8 Å². The first kappa shape index (κ1) is 19.9. The first-order valence-corrected chi connectivity index (χ1v) is 9.55. The third kappa shape index (κ3) is 5.53. The van der Waals surface area contributed by atoms with Crippen LogP contribution in [0.25, 0.3) is 0 Å². The Labute approximate surface area is 152 Å². The van der Waals surface area contributed by atoms with Crippen molar-refractivity contribution in [1.29, 1.82) is 0 Å². The molecule has 0 saturated carbocycles. The number of carbonyl (C=O) groups is 1. The summed E-state index contributed by atoms with van der Waals surface area (Å²) in [5.74, 6) is -1.09. The third-order valence-electron chi connectivity index (χ3n) is 3.55. The molecular formula is C18H21FN2O4S. The molecule has 6 nitrogen and oxygen atoms in total. The molecule has 8 heteroatoms. The Balaban J connectivity index is 2.14. The Bertz CT molecular complexity index is 836. The normalized spacial score (nSPS) is 12.4. The van der Waals surface area contributed by atoms with Gasteiger partial charge in [0.15, 0.2) is 0 Å². The fourth-order valence-electron chi connectivity index (χ4n) is 2.18. The lowest BCUT2D eigenvalue weighted by molar-refractivity contribution is -0.144. The fraction of sp³-hybridized carbons (Fsp3) is 0.278. The molecular weight excluding hydrogens is 359 g/mol. The highest BCUT2D eigenvalue weighted by atomic mass is 32.2. The van der Waals surface area contributed by atoms with Gasteiger partial charge in [0.2, 0.25) is 10.0 Å². The predicted molar refractivity (Wildman–Crippen MR) is 96.8 cm³/mol. The summed E-state index contributed by atoms with van der Waals surface area (Å²) in [6.45, 7) is 3.56. The van der Waals surface area contributed by atoms with Crippen LogP contribution in [0.1, 0.15) is 12.5 Å². The molecule has 0 spiro atoms. The number of halogens is 1. The van der Waals surface area contributed by atoms with Gasteiger partial charge < -0.3 is 10.1 Å². The Morgan fingerprint density at radius 1 is 1.12 bits per heavy atom. The maximum Gasteiger partial charge on any atom is 0.326 e. The minimum absolute atomic E-state index is 0.0461. The molecule has 0 aliphatic carbocycles. The van der Waals surface area contributed by atoms with E-state index in [2.05, 4.69) is 10.0 Å². The molecule has 0 amide bonds. The number of sulfonamides is 1. The Morgan fingerprint density at radius 3 is 2.31 bits per heavy atom. The van der Waals surface area contributed by atoms with Gasteiger partial charge in [-0.3, -0.25) is 4.79 Å². The van der Waals surface area contributed by atoms with E-state index < -0.39 is 27.9 Å². The fourth-order valence-corrected chi connectivity index (χ4v) is 3.36. The number of hydrogen-bond acceptors (Lipinski definition) is 5. The zero-order valence-electron chi connectivity index (χ0n) is 14.5. The van der Waals surface area contributed by atoms with E-state index >= 15 is 0 Å². The topological polar surface area (TPSA) is 84.5 Å². The molecule has 0 bridgehead atoms. The van der Waals surface area contributed by atoms with E-state index in [0.29, 0.717) is 5.69 Å². The monoisotopic (exact) mass is 380 g/mol. The van der Waals surface area contributed by atoms with Crippen molar-refractivity contribution in [3.8, 4) is 0 Å². The molecule has 0 saturated heterocycles. The third-order valence-corrected chi connectivity index (χ3v) is 5.04. The summed E-state index contributed by atoms with van der Waals surface area (Å²) in [6, 6.07) is 10.6. The SMILES string of the molecule is CCOC(=O)C(CNc1ccc(F)cc1)NS(=O)(=O)c1ccc(C)cc1. The van der Waals surface area contributed by atoms with Crippen LogP contribution in [0.2, 0.25) is 0 Å². The average Bonchev–Trinajstić information content (AvgIpc) is 2.60. The zero-order valence-corrected chi connectivity index (χ0v) is 15.3. The van der Waals surface area contributed by atoms with Gasteiger partial charge in [0.05, 0.1) is 11.5 Å². The highest BCUT2D eigenvalue weighted by Gasteiger charge is 2.26. The van der Waals surface area contributed by atoms with E-state index in [1.54, 1.807) is 19.1 Å². The number of ether oxygens (including phenoxy) is 1. The molecule has 1 atom stereocenters. The number of anilines is 1. The number of hydrogen-bond donors (Lipinski definition) is 2. The van der Waals surface area contributed by atoms with Gasteiger partial charge >= 0.3 is 5.97 Å². The van der Waals surface area contributed by atoms with E-state index in [4.69, 9.17) is 4.74 Å². The summed E-state index contributed by atoms with van der Waals surface area (Å²) in [6.07, 6.45) is 0. The molecule has 0 fully saturated rings. The van der Waals surface area contributed by atoms with Crippen LogP contribution in [-0.4, -0.2) is 33.6 Å². The van der Waals surface area contributed by atoms with Gasteiger partial charge in [0.25, 0.3) is 0 Å². The molecule has 0 heterocycles. The van der Waals surface area contributed by atoms with Crippen LogP contribution in [0.3, 0.4) is 0 Å². The van der Waals surface area contributed by atoms with Gasteiger partial charge in [-0.1, -0.05) is 17.7 Å². The van der Waals surface area contributed by atoms with E-state index in [1.807, 2.05) is 6.92 Å². The number of benzene rings is 2. The molecule has 140 valence electrons. The van der Waals surface area contributed by atoms with Gasteiger partial charge in [-0.2, -0.15) is 4.72 Å². The van der Waals surface area contributed by atoms with Gasteiger partial charge in [-0.05, 0) is 50.2 Å². The minimum Gasteiger partial charge on any atom is -0.465 e. The van der Waals surface area contributed by atoms with Crippen LogP contribution in [0, 0.1) is 12.7 Å². The molecule has 2 aromatic carbocycles. The second-order valence-electron chi connectivity index (χ2n) is 5.63. The van der Waals surface area contributed by atoms with E-state index in [9.17, 15) is 17.6 Å². The van der Waals surface area contributed by atoms with Crippen molar-refractivity contribution in [2.75, 3.05) is 18.5 Å². The van der Waals surface area contributed by atoms with E-state index in [-0.39, 0.29) is 18.0 Å². The quantitative estimate of drug-likeness (QED) is 0.687. The van der Waals surface area contributed by atoms with Crippen LogP contribution >= 0.6 is 0 Å². The molecule has 0 aromatic heterocycles. The second kappa shape index (κ2) is 8.77. The summed E-state index contributed by atoms with van der Waals surface area (Å²) >= 11 is 0. The second-order valence-corrected chi connectivity index (χ2v) is 7.34. The lowest BCUT2D eigenvalue weighted by Crippen LogP contribution is -2.46. The molecule has 0 radical (unpaired) electrons. The van der Waals surface area contributed by atoms with Gasteiger partial charge in [-0.15, -0.1) is 0 Å². The largest absolute Gasteiger partial charge is 0.465 e. The maximum absolute atomic E-state index is 13.0. The molecule has 2 N–H and O–H groups in total. The number of carbonyl (C=O) groups excluding carboxylic acids is 1. The summed E-state index contributed by atoms with van der Waals surface area (Å²) < 4.78 is 45.3. The molecule has 26 heavy (non-hydrogen) atoms. The standard InChI is InChI=1S/C18H21FN2O4S/c1-3-25-18(22)17(12-20-15-8-6-14(19)7-9-15)21-26(23,24)16-10-4-13(2)5-11-16/h4-11,17,20-21H,3,12H2,1-2H3. The smallest absolute Gasteiger partial charge is 0.326 e. The molecule has 0 aliphatic rings. The van der Waals surface area contributed by atoms with Crippen molar-refractivity contribution in [3.05, 3.63) is 59.9 Å². The van der Waals surface area contributed by atoms with Crippen LogP contribution in [0.15, 0.2) is 53.4 Å². The van der Waals surface area contributed by atoms with Crippen molar-refractivity contribution < 1.29 is 22.3 Å². The highest BCUT2D eigenvalue weighted by Crippen LogP contribution is 2.12. The molecule has 1 unspecified atom stereocenters. The van der Waals surface area contributed by atoms with Crippen molar-refractivity contribution in [2.24, 2.45) is 0 Å². The van der Waals surface area contributed by atoms with Crippen molar-refractivity contribution in [3.63, 3.8) is 0 Å². The summed E-state index contributed by atoms with van der Waals surface area (Å²) in [5, 5.41) is 2.90. The van der Waals surface area contributed by atoms with Gasteiger partial charge in [0.1, 0.15) is 11.9 Å². The Kier molecular flexibility index (Phi) is 6.70. The summed E-state index contributed by atoms with van der Waals surface area (Å²) in [5.41, 5.74) is 1.47. The lowest BCUT2D eigenvalue weighted by atomic mass is 10.2. The van der Waals surface area contributed by atoms with Crippen molar-refractivity contribution in [2.45, 2.75) is 24.8 Å². The van der Waals surface area contributed by atoms with Crippen LogP contribution in [0.5, 0.6) is 0 Å². The number of aryl methyl sites for hydroxylation is 1. The minimum atomic E-state index is -3.90. The van der Waals surface area contributed by atoms with Crippen LogP contribution in [0.4, 0.5) is 10.1 Å². The number of rotatable bonds is 8. The van der Waals surface area contributed by atoms with Gasteiger partial charge in [0, 0.05) is 12.2 Å². The van der Waals surface area contributed by atoms with Crippen LogP contribution < -0.4 is 10.0 Å². The van der Waals surface area contributed by atoms with Crippen LogP contribution in [-0.2, 0) is 19.6 Å². The van der Waals surface area contributed by atoms with Crippen molar-refractivity contribution in [1.82, 2.24) is 4.72 Å².